The summed E-state index contributed by atoms with van der Waals surface area (Å²) >= 11 is 0. The van der Waals surface area contributed by atoms with E-state index < -0.39 is 0 Å². The van der Waals surface area contributed by atoms with E-state index in [1.807, 2.05) is 6.92 Å². The molecule has 20 heavy (non-hydrogen) atoms. The molecule has 1 saturated carbocycles. The monoisotopic (exact) mass is 275 g/mol. The van der Waals surface area contributed by atoms with Crippen LogP contribution in [0.4, 0.5) is 0 Å². The zero-order valence-corrected chi connectivity index (χ0v) is 13.3. The summed E-state index contributed by atoms with van der Waals surface area (Å²) in [6.07, 6.45) is 3.97. The van der Waals surface area contributed by atoms with Gasteiger partial charge in [-0.15, -0.1) is 0 Å². The summed E-state index contributed by atoms with van der Waals surface area (Å²) in [6.45, 7) is 8.88. The normalized spacial score (nSPS) is 29.9. The van der Waals surface area contributed by atoms with Crippen LogP contribution < -0.4 is 5.73 Å². The Labute approximate surface area is 123 Å². The molecule has 2 N–H and O–H groups in total. The molecule has 1 aromatic rings. The zero-order valence-electron chi connectivity index (χ0n) is 13.3. The minimum Gasteiger partial charge on any atom is -0.369 e. The maximum absolute atomic E-state index is 6.41. The number of hydrogen-bond acceptors (Lipinski definition) is 2. The van der Waals surface area contributed by atoms with Gasteiger partial charge in [-0.25, -0.2) is 0 Å². The molecule has 2 heteroatoms. The first kappa shape index (κ1) is 15.5. The second-order valence-corrected chi connectivity index (χ2v) is 6.66. The average molecular weight is 275 g/mol. The summed E-state index contributed by atoms with van der Waals surface area (Å²) in [5.74, 6) is 1.57. The van der Waals surface area contributed by atoms with Crippen LogP contribution in [0.1, 0.15) is 57.3 Å². The highest BCUT2D eigenvalue weighted by atomic mass is 16.5. The van der Waals surface area contributed by atoms with Crippen molar-refractivity contribution in [3.05, 3.63) is 35.4 Å². The summed E-state index contributed by atoms with van der Waals surface area (Å²) in [5, 5.41) is 0. The van der Waals surface area contributed by atoms with Gasteiger partial charge in [-0.05, 0) is 56.1 Å². The second kappa shape index (κ2) is 6.73. The summed E-state index contributed by atoms with van der Waals surface area (Å²) in [4.78, 5) is 0. The highest BCUT2D eigenvalue weighted by Crippen LogP contribution is 2.35. The standard InChI is InChI=1S/C18H29NO/c1-12-9-10-16(11-14(12)3)20-18(15(4)19)17-8-6-5-7-13(17)2/h5-8,12,14-16,18H,9-11,19H2,1-4H3. The van der Waals surface area contributed by atoms with Crippen molar-refractivity contribution >= 4 is 0 Å². The molecule has 1 aliphatic rings. The lowest BCUT2D eigenvalue weighted by Gasteiger charge is -2.35. The first-order valence-electron chi connectivity index (χ1n) is 7.95. The number of benzene rings is 1. The van der Waals surface area contributed by atoms with Crippen molar-refractivity contribution in [1.29, 1.82) is 0 Å². The Morgan fingerprint density at radius 2 is 1.85 bits per heavy atom. The molecule has 2 rings (SSSR count). The maximum Gasteiger partial charge on any atom is 0.0979 e. The van der Waals surface area contributed by atoms with E-state index in [1.165, 1.54) is 24.0 Å². The third-order valence-corrected chi connectivity index (χ3v) is 4.86. The molecule has 0 amide bonds. The highest BCUT2D eigenvalue weighted by molar-refractivity contribution is 5.28. The molecule has 0 heterocycles. The molecule has 0 radical (unpaired) electrons. The zero-order chi connectivity index (χ0) is 14.7. The fourth-order valence-corrected chi connectivity index (χ4v) is 3.22. The Balaban J connectivity index is 2.09. The molecule has 0 bridgehead atoms. The van der Waals surface area contributed by atoms with Gasteiger partial charge in [-0.1, -0.05) is 38.1 Å². The van der Waals surface area contributed by atoms with Crippen LogP contribution in [0.2, 0.25) is 0 Å². The van der Waals surface area contributed by atoms with Gasteiger partial charge in [0.1, 0.15) is 0 Å². The Hall–Kier alpha value is -0.860. The number of ether oxygens (including phenoxy) is 1. The average Bonchev–Trinajstić information content (AvgIpc) is 2.41. The van der Waals surface area contributed by atoms with Crippen molar-refractivity contribution < 1.29 is 4.74 Å². The van der Waals surface area contributed by atoms with Crippen molar-refractivity contribution in [3.8, 4) is 0 Å². The van der Waals surface area contributed by atoms with Crippen LogP contribution in [0.15, 0.2) is 24.3 Å². The predicted octanol–water partition coefficient (Wildman–Crippen LogP) is 4.22. The number of hydrogen-bond donors (Lipinski definition) is 1. The quantitative estimate of drug-likeness (QED) is 0.892. The predicted molar refractivity (Wildman–Crippen MR) is 84.6 cm³/mol. The SMILES string of the molecule is Cc1ccccc1C(OC1CCC(C)C(C)C1)C(C)N. The van der Waals surface area contributed by atoms with Crippen molar-refractivity contribution in [2.24, 2.45) is 17.6 Å². The van der Waals surface area contributed by atoms with E-state index in [1.54, 1.807) is 0 Å². The molecule has 1 aliphatic carbocycles. The largest absolute Gasteiger partial charge is 0.369 e. The van der Waals surface area contributed by atoms with E-state index in [0.717, 1.165) is 18.3 Å². The van der Waals surface area contributed by atoms with Gasteiger partial charge >= 0.3 is 0 Å². The lowest BCUT2D eigenvalue weighted by Crippen LogP contribution is -2.34. The summed E-state index contributed by atoms with van der Waals surface area (Å²) in [7, 11) is 0. The Morgan fingerprint density at radius 3 is 2.45 bits per heavy atom. The molecule has 1 aromatic carbocycles. The van der Waals surface area contributed by atoms with E-state index in [9.17, 15) is 0 Å². The van der Waals surface area contributed by atoms with Crippen molar-refractivity contribution in [1.82, 2.24) is 0 Å². The first-order chi connectivity index (χ1) is 9.49. The van der Waals surface area contributed by atoms with Gasteiger partial charge in [0.15, 0.2) is 0 Å². The van der Waals surface area contributed by atoms with Gasteiger partial charge in [-0.2, -0.15) is 0 Å². The fourth-order valence-electron chi connectivity index (χ4n) is 3.22. The van der Waals surface area contributed by atoms with Crippen LogP contribution in [-0.4, -0.2) is 12.1 Å². The number of nitrogens with two attached hydrogens (primary N) is 1. The summed E-state index contributed by atoms with van der Waals surface area (Å²) in [6, 6.07) is 8.46. The van der Waals surface area contributed by atoms with Crippen molar-refractivity contribution in [2.75, 3.05) is 0 Å². The van der Waals surface area contributed by atoms with E-state index >= 15 is 0 Å². The van der Waals surface area contributed by atoms with Gasteiger partial charge in [0.2, 0.25) is 0 Å². The Morgan fingerprint density at radius 1 is 1.15 bits per heavy atom. The van der Waals surface area contributed by atoms with Crippen LogP contribution in [-0.2, 0) is 4.74 Å². The number of aryl methyl sites for hydroxylation is 1. The highest BCUT2D eigenvalue weighted by Gasteiger charge is 2.29. The van der Waals surface area contributed by atoms with Gasteiger partial charge in [-0.3, -0.25) is 0 Å². The minimum absolute atomic E-state index is 0.0156. The Bertz CT molecular complexity index is 429. The van der Waals surface area contributed by atoms with E-state index in [2.05, 4.69) is 45.0 Å². The number of rotatable bonds is 4. The van der Waals surface area contributed by atoms with Crippen molar-refractivity contribution in [3.63, 3.8) is 0 Å². The summed E-state index contributed by atoms with van der Waals surface area (Å²) < 4.78 is 6.41. The molecular weight excluding hydrogens is 246 g/mol. The van der Waals surface area contributed by atoms with Crippen LogP contribution in [0.3, 0.4) is 0 Å². The topological polar surface area (TPSA) is 35.2 Å². The molecule has 5 atom stereocenters. The van der Waals surface area contributed by atoms with Gasteiger partial charge in [0.25, 0.3) is 0 Å². The molecule has 0 saturated heterocycles. The molecule has 0 aromatic heterocycles. The van der Waals surface area contributed by atoms with E-state index in [-0.39, 0.29) is 12.1 Å². The molecule has 112 valence electrons. The van der Waals surface area contributed by atoms with Crippen molar-refractivity contribution in [2.45, 2.75) is 65.2 Å². The minimum atomic E-state index is 0.0156. The molecule has 2 nitrogen and oxygen atoms in total. The van der Waals surface area contributed by atoms with Crippen LogP contribution >= 0.6 is 0 Å². The Kier molecular flexibility index (Phi) is 5.22. The third kappa shape index (κ3) is 3.62. The van der Waals surface area contributed by atoms with Crippen LogP contribution in [0.25, 0.3) is 0 Å². The van der Waals surface area contributed by atoms with Gasteiger partial charge in [0.05, 0.1) is 12.2 Å². The smallest absolute Gasteiger partial charge is 0.0979 e. The fraction of sp³-hybridized carbons (Fsp3) is 0.667. The molecule has 5 unspecified atom stereocenters. The third-order valence-electron chi connectivity index (χ3n) is 4.86. The van der Waals surface area contributed by atoms with Gasteiger partial charge < -0.3 is 10.5 Å². The molecule has 0 spiro atoms. The first-order valence-corrected chi connectivity index (χ1v) is 7.95. The maximum atomic E-state index is 6.41. The van der Waals surface area contributed by atoms with E-state index in [0.29, 0.717) is 6.10 Å². The molecule has 1 fully saturated rings. The molecule has 0 aliphatic heterocycles. The summed E-state index contributed by atoms with van der Waals surface area (Å²) in [5.41, 5.74) is 8.71. The van der Waals surface area contributed by atoms with Crippen LogP contribution in [0, 0.1) is 18.8 Å². The van der Waals surface area contributed by atoms with Gasteiger partial charge in [0, 0.05) is 6.04 Å². The van der Waals surface area contributed by atoms with Crippen LogP contribution in [0.5, 0.6) is 0 Å². The second-order valence-electron chi connectivity index (χ2n) is 6.66. The molecular formula is C18H29NO. The lowest BCUT2D eigenvalue weighted by atomic mass is 9.80. The lowest BCUT2D eigenvalue weighted by molar-refractivity contribution is -0.0570. The van der Waals surface area contributed by atoms with E-state index in [4.69, 9.17) is 10.5 Å².